The van der Waals surface area contributed by atoms with Gasteiger partial charge in [-0.3, -0.25) is 0 Å². The zero-order chi connectivity index (χ0) is 41.0. The number of para-hydroxylation sites is 2. The third-order valence-electron chi connectivity index (χ3n) is 12.6. The molecule has 0 bridgehead atoms. The highest BCUT2D eigenvalue weighted by atomic mass is 15.1. The fourth-order valence-corrected chi connectivity index (χ4v) is 9.58. The van der Waals surface area contributed by atoms with E-state index in [1.807, 2.05) is 0 Å². The van der Waals surface area contributed by atoms with Gasteiger partial charge in [-0.25, -0.2) is 0 Å². The van der Waals surface area contributed by atoms with Crippen LogP contribution in [0.3, 0.4) is 0 Å². The zero-order valence-electron chi connectivity index (χ0n) is 34.0. The van der Waals surface area contributed by atoms with Crippen LogP contribution in [0.5, 0.6) is 0 Å². The summed E-state index contributed by atoms with van der Waals surface area (Å²) in [4.78, 5) is 2.39. The highest BCUT2D eigenvalue weighted by molar-refractivity contribution is 6.25. The Morgan fingerprint density at radius 3 is 1.19 bits per heavy atom. The van der Waals surface area contributed by atoms with Gasteiger partial charge in [0.1, 0.15) is 0 Å². The van der Waals surface area contributed by atoms with Gasteiger partial charge in [0, 0.05) is 33.5 Å². The van der Waals surface area contributed by atoms with Crippen molar-refractivity contribution in [1.82, 2.24) is 4.57 Å². The Kier molecular flexibility index (Phi) is 8.53. The Morgan fingerprint density at radius 2 is 0.613 bits per heavy atom. The lowest BCUT2D eigenvalue weighted by atomic mass is 9.94. The van der Waals surface area contributed by atoms with Gasteiger partial charge in [0.05, 0.1) is 11.0 Å². The molecule has 62 heavy (non-hydrogen) atoms. The molecule has 12 rings (SSSR count). The second-order valence-corrected chi connectivity index (χ2v) is 16.1. The lowest BCUT2D eigenvalue weighted by molar-refractivity contribution is 1.18. The molecule has 0 fully saturated rings. The molecule has 0 unspecified atom stereocenters. The van der Waals surface area contributed by atoms with Crippen LogP contribution in [-0.4, -0.2) is 4.57 Å². The molecule has 0 atom stereocenters. The number of nitrogens with zero attached hydrogens (tertiary/aromatic N) is 2. The minimum absolute atomic E-state index is 1.10. The normalized spacial score (nSPS) is 11.5. The van der Waals surface area contributed by atoms with Gasteiger partial charge in [-0.1, -0.05) is 176 Å². The van der Waals surface area contributed by atoms with E-state index in [0.717, 1.165) is 17.1 Å². The molecule has 0 N–H and O–H groups in total. The molecular formula is C60H40N2. The number of fused-ring (bicyclic) bond motifs is 9. The average Bonchev–Trinajstić information content (AvgIpc) is 3.69. The third-order valence-corrected chi connectivity index (χ3v) is 12.6. The van der Waals surface area contributed by atoms with Crippen molar-refractivity contribution in [1.29, 1.82) is 0 Å². The molecule has 2 nitrogen and oxygen atoms in total. The van der Waals surface area contributed by atoms with E-state index in [2.05, 4.69) is 252 Å². The smallest absolute Gasteiger partial charge is 0.0541 e. The van der Waals surface area contributed by atoms with E-state index in [-0.39, 0.29) is 0 Å². The molecule has 0 radical (unpaired) electrons. The Labute approximate surface area is 360 Å². The van der Waals surface area contributed by atoms with Gasteiger partial charge in [-0.2, -0.15) is 0 Å². The number of hydrogen-bond acceptors (Lipinski definition) is 1. The van der Waals surface area contributed by atoms with E-state index < -0.39 is 0 Å². The van der Waals surface area contributed by atoms with E-state index in [1.54, 1.807) is 0 Å². The molecule has 1 heterocycles. The van der Waals surface area contributed by atoms with Gasteiger partial charge in [-0.15, -0.1) is 0 Å². The van der Waals surface area contributed by atoms with Gasteiger partial charge in [0.15, 0.2) is 0 Å². The van der Waals surface area contributed by atoms with Crippen LogP contribution >= 0.6 is 0 Å². The van der Waals surface area contributed by atoms with Crippen molar-refractivity contribution in [2.45, 2.75) is 0 Å². The first kappa shape index (κ1) is 35.7. The first-order chi connectivity index (χ1) is 30.7. The summed E-state index contributed by atoms with van der Waals surface area (Å²) in [5.74, 6) is 0. The van der Waals surface area contributed by atoms with Gasteiger partial charge >= 0.3 is 0 Å². The summed E-state index contributed by atoms with van der Waals surface area (Å²) in [5, 5.41) is 10.1. The summed E-state index contributed by atoms with van der Waals surface area (Å²) in [6.07, 6.45) is 0. The van der Waals surface area contributed by atoms with Gasteiger partial charge < -0.3 is 9.47 Å². The van der Waals surface area contributed by atoms with Crippen molar-refractivity contribution in [2.24, 2.45) is 0 Å². The van der Waals surface area contributed by atoms with Crippen molar-refractivity contribution in [3.05, 3.63) is 243 Å². The van der Waals surface area contributed by atoms with Gasteiger partial charge in [-0.05, 0) is 132 Å². The van der Waals surface area contributed by atoms with E-state index >= 15 is 0 Å². The van der Waals surface area contributed by atoms with Crippen molar-refractivity contribution in [3.63, 3.8) is 0 Å². The molecule has 0 saturated heterocycles. The molecule has 0 spiro atoms. The zero-order valence-corrected chi connectivity index (χ0v) is 34.0. The molecule has 1 aromatic heterocycles. The molecule has 0 saturated carbocycles. The lowest BCUT2D eigenvalue weighted by Gasteiger charge is -2.27. The van der Waals surface area contributed by atoms with Crippen molar-refractivity contribution < 1.29 is 0 Å². The maximum absolute atomic E-state index is 2.39. The highest BCUT2D eigenvalue weighted by Crippen LogP contribution is 2.42. The largest absolute Gasteiger partial charge is 0.310 e. The highest BCUT2D eigenvalue weighted by Gasteiger charge is 2.18. The van der Waals surface area contributed by atoms with Crippen LogP contribution < -0.4 is 4.90 Å². The van der Waals surface area contributed by atoms with Gasteiger partial charge in [0.25, 0.3) is 0 Å². The Balaban J connectivity index is 0.965. The van der Waals surface area contributed by atoms with Crippen molar-refractivity contribution in [3.8, 4) is 39.1 Å². The topological polar surface area (TPSA) is 8.17 Å². The molecule has 0 aliphatic rings. The fraction of sp³-hybridized carbons (Fsp3) is 0. The summed E-state index contributed by atoms with van der Waals surface area (Å²) >= 11 is 0. The van der Waals surface area contributed by atoms with Crippen LogP contribution in [-0.2, 0) is 0 Å². The Morgan fingerprint density at radius 1 is 0.226 bits per heavy atom. The molecule has 0 aliphatic carbocycles. The maximum Gasteiger partial charge on any atom is 0.0541 e. The van der Waals surface area contributed by atoms with Crippen LogP contribution in [0.15, 0.2) is 243 Å². The van der Waals surface area contributed by atoms with Crippen LogP contribution in [0.2, 0.25) is 0 Å². The predicted molar refractivity (Wildman–Crippen MR) is 264 cm³/mol. The number of anilines is 3. The molecule has 12 aromatic rings. The SMILES string of the molecule is c1ccc(-c2ccc(-c3ccc(N(c4ccc(-c5ccc6c(c5)c5ccccc5n6-c5ccccc5)cc4)c4ccc5c6ccccc6c6ccccc6c5c4)cc3)cc2)cc1. The van der Waals surface area contributed by atoms with Crippen LogP contribution in [0.1, 0.15) is 0 Å². The molecule has 0 amide bonds. The van der Waals surface area contributed by atoms with E-state index in [1.165, 1.54) is 93.2 Å². The fourth-order valence-electron chi connectivity index (χ4n) is 9.58. The lowest BCUT2D eigenvalue weighted by Crippen LogP contribution is -2.10. The number of rotatable bonds is 7. The quantitative estimate of drug-likeness (QED) is 0.146. The molecule has 2 heteroatoms. The van der Waals surface area contributed by atoms with Crippen molar-refractivity contribution in [2.75, 3.05) is 4.90 Å². The van der Waals surface area contributed by atoms with E-state index in [4.69, 9.17) is 0 Å². The summed E-state index contributed by atoms with van der Waals surface area (Å²) < 4.78 is 2.37. The minimum atomic E-state index is 1.10. The Bertz CT molecular complexity index is 3550. The number of hydrogen-bond donors (Lipinski definition) is 0. The maximum atomic E-state index is 2.39. The predicted octanol–water partition coefficient (Wildman–Crippen LogP) is 16.7. The second-order valence-electron chi connectivity index (χ2n) is 16.1. The first-order valence-corrected chi connectivity index (χ1v) is 21.3. The van der Waals surface area contributed by atoms with E-state index in [0.29, 0.717) is 0 Å². The summed E-state index contributed by atoms with van der Waals surface area (Å²) in [7, 11) is 0. The monoisotopic (exact) mass is 788 g/mol. The molecule has 290 valence electrons. The first-order valence-electron chi connectivity index (χ1n) is 21.3. The average molecular weight is 789 g/mol. The summed E-state index contributed by atoms with van der Waals surface area (Å²) in [5.41, 5.74) is 14.1. The standard InChI is InChI=1S/C60H40N2/c1-3-13-41(14-4-1)42-23-25-43(26-24-42)44-27-32-48(33-28-44)61(50-36-37-55-53-19-8-7-17-51(53)52-18-9-10-20-54(52)57(55)40-50)49-34-29-45(30-35-49)46-31-38-60-58(39-46)56-21-11-12-22-59(56)62(60)47-15-5-2-6-16-47/h1-40H. The third kappa shape index (κ3) is 6.04. The minimum Gasteiger partial charge on any atom is -0.310 e. The number of benzene rings is 11. The number of aromatic nitrogens is 1. The van der Waals surface area contributed by atoms with Crippen LogP contribution in [0.25, 0.3) is 93.2 Å². The molecule has 0 aliphatic heterocycles. The van der Waals surface area contributed by atoms with Gasteiger partial charge in [0.2, 0.25) is 0 Å². The summed E-state index contributed by atoms with van der Waals surface area (Å²) in [6, 6.07) is 88.4. The van der Waals surface area contributed by atoms with Crippen LogP contribution in [0, 0.1) is 0 Å². The molecule has 11 aromatic carbocycles. The summed E-state index contributed by atoms with van der Waals surface area (Å²) in [6.45, 7) is 0. The molecular weight excluding hydrogens is 749 g/mol. The second kappa shape index (κ2) is 14.8. The van der Waals surface area contributed by atoms with Crippen molar-refractivity contribution >= 4 is 71.2 Å². The Hall–Kier alpha value is -8.20. The van der Waals surface area contributed by atoms with E-state index in [9.17, 15) is 0 Å². The van der Waals surface area contributed by atoms with Crippen LogP contribution in [0.4, 0.5) is 17.1 Å².